The molecule has 0 radical (unpaired) electrons. The second-order valence-corrected chi connectivity index (χ2v) is 8.27. The van der Waals surface area contributed by atoms with E-state index in [1.165, 1.54) is 36.8 Å². The number of phenolic OH excluding ortho intramolecular Hbond substituents is 1. The molecule has 4 aliphatic carbocycles. The zero-order chi connectivity index (χ0) is 14.4. The quantitative estimate of drug-likeness (QED) is 0.766. The number of phenols is 1. The fourth-order valence-corrected chi connectivity index (χ4v) is 6.50. The van der Waals surface area contributed by atoms with Gasteiger partial charge in [0, 0.05) is 0 Å². The first-order chi connectivity index (χ1) is 10.1. The molecule has 1 aromatic carbocycles. The van der Waals surface area contributed by atoms with Crippen LogP contribution in [0.2, 0.25) is 0 Å². The predicted molar refractivity (Wildman–Crippen MR) is 81.1 cm³/mol. The molecule has 0 spiro atoms. The van der Waals surface area contributed by atoms with Gasteiger partial charge in [-0.2, -0.15) is 0 Å². The van der Waals surface area contributed by atoms with Crippen LogP contribution in [0.1, 0.15) is 49.7 Å². The van der Waals surface area contributed by atoms with Crippen molar-refractivity contribution in [2.45, 2.75) is 51.0 Å². The Labute approximate surface area is 126 Å². The first-order valence-electron chi connectivity index (χ1n) is 8.59. The number of aliphatic hydroxyl groups excluding tert-OH is 1. The summed E-state index contributed by atoms with van der Waals surface area (Å²) in [6.45, 7) is 2.36. The van der Waals surface area contributed by atoms with E-state index in [4.69, 9.17) is 0 Å². The van der Waals surface area contributed by atoms with E-state index in [-0.39, 0.29) is 11.5 Å². The molecule has 0 aliphatic heterocycles. The van der Waals surface area contributed by atoms with Crippen LogP contribution in [0, 0.1) is 29.1 Å². The predicted octanol–water partition coefficient (Wildman–Crippen LogP) is 3.47. The van der Waals surface area contributed by atoms with Gasteiger partial charge in [-0.1, -0.05) is 13.0 Å². The summed E-state index contributed by atoms with van der Waals surface area (Å²) in [7, 11) is 0. The topological polar surface area (TPSA) is 40.5 Å². The number of aliphatic hydroxyl groups is 1. The highest BCUT2D eigenvalue weighted by molar-refractivity contribution is 5.40. The van der Waals surface area contributed by atoms with Crippen LogP contribution in [0.3, 0.4) is 0 Å². The van der Waals surface area contributed by atoms with Crippen LogP contribution in [0.25, 0.3) is 0 Å². The Kier molecular flexibility index (Phi) is 2.29. The molecule has 0 saturated heterocycles. The Morgan fingerprint density at radius 3 is 2.86 bits per heavy atom. The normalized spacial score (nSPS) is 49.8. The number of benzene rings is 1. The third-order valence-electron chi connectivity index (χ3n) is 7.44. The molecule has 0 amide bonds. The Morgan fingerprint density at radius 2 is 2.00 bits per heavy atom. The number of fused-ring (bicyclic) bond motifs is 7. The monoisotopic (exact) mass is 284 g/mol. The summed E-state index contributed by atoms with van der Waals surface area (Å²) >= 11 is 0. The smallest absolute Gasteiger partial charge is 0.115 e. The average molecular weight is 284 g/mol. The van der Waals surface area contributed by atoms with Gasteiger partial charge in [-0.15, -0.1) is 0 Å². The molecule has 7 atom stereocenters. The van der Waals surface area contributed by atoms with Crippen LogP contribution in [0.15, 0.2) is 18.2 Å². The Morgan fingerprint density at radius 1 is 1.14 bits per heavy atom. The summed E-state index contributed by atoms with van der Waals surface area (Å²) in [4.78, 5) is 0. The third kappa shape index (κ3) is 1.47. The average Bonchev–Trinajstić information content (AvgIpc) is 3.21. The van der Waals surface area contributed by atoms with Crippen molar-refractivity contribution in [3.63, 3.8) is 0 Å². The Bertz CT molecular complexity index is 610. The highest BCUT2D eigenvalue weighted by Crippen LogP contribution is 2.71. The highest BCUT2D eigenvalue weighted by atomic mass is 16.3. The summed E-state index contributed by atoms with van der Waals surface area (Å²) in [6.07, 6.45) is 5.96. The van der Waals surface area contributed by atoms with Crippen molar-refractivity contribution in [1.82, 2.24) is 0 Å². The van der Waals surface area contributed by atoms with E-state index in [0.29, 0.717) is 17.6 Å². The molecule has 0 aromatic heterocycles. The van der Waals surface area contributed by atoms with Crippen molar-refractivity contribution in [1.29, 1.82) is 0 Å². The fourth-order valence-electron chi connectivity index (χ4n) is 6.50. The summed E-state index contributed by atoms with van der Waals surface area (Å²) in [5.74, 6) is 3.98. The first kappa shape index (κ1) is 12.5. The zero-order valence-electron chi connectivity index (χ0n) is 12.6. The zero-order valence-corrected chi connectivity index (χ0v) is 12.6. The fraction of sp³-hybridized carbons (Fsp3) is 0.684. The SMILES string of the molecule is CC12CCC3c4ccc(O)cc4CCC3C1[C@H]1C[C@H]1[C@H]2O. The second-order valence-electron chi connectivity index (χ2n) is 8.27. The first-order valence-corrected chi connectivity index (χ1v) is 8.59. The summed E-state index contributed by atoms with van der Waals surface area (Å²) < 4.78 is 0. The van der Waals surface area contributed by atoms with Gasteiger partial charge in [-0.25, -0.2) is 0 Å². The van der Waals surface area contributed by atoms with Gasteiger partial charge in [-0.05, 0) is 90.4 Å². The molecule has 2 heteroatoms. The van der Waals surface area contributed by atoms with Crippen molar-refractivity contribution in [2.75, 3.05) is 0 Å². The van der Waals surface area contributed by atoms with Crippen molar-refractivity contribution in [2.24, 2.45) is 29.1 Å². The molecule has 112 valence electrons. The minimum absolute atomic E-state index is 0.0466. The van der Waals surface area contributed by atoms with Gasteiger partial charge >= 0.3 is 0 Å². The van der Waals surface area contributed by atoms with E-state index in [9.17, 15) is 10.2 Å². The van der Waals surface area contributed by atoms with Gasteiger partial charge in [0.2, 0.25) is 0 Å². The molecule has 2 N–H and O–H groups in total. The molecular weight excluding hydrogens is 260 g/mol. The molecule has 0 heterocycles. The maximum atomic E-state index is 10.7. The standard InChI is InChI=1S/C19H24O2/c1-19-7-6-13-12-5-3-11(20)8-10(12)2-4-14(13)17(19)15-9-16(15)18(19)21/h3,5,8,13-18,20-21H,2,4,6-7,9H2,1H3/t13?,14?,15-,16+,17?,18+,19?/m0/s1. The summed E-state index contributed by atoms with van der Waals surface area (Å²) in [5, 5.41) is 20.4. The molecule has 4 aliphatic rings. The molecule has 21 heavy (non-hydrogen) atoms. The lowest BCUT2D eigenvalue weighted by atomic mass is 9.54. The minimum atomic E-state index is -0.0466. The molecule has 5 rings (SSSR count). The van der Waals surface area contributed by atoms with E-state index < -0.39 is 0 Å². The maximum absolute atomic E-state index is 10.7. The molecule has 3 fully saturated rings. The lowest BCUT2D eigenvalue weighted by Gasteiger charge is -2.51. The number of rotatable bonds is 0. The second kappa shape index (κ2) is 3.84. The Balaban J connectivity index is 1.56. The van der Waals surface area contributed by atoms with Crippen molar-refractivity contribution >= 4 is 0 Å². The van der Waals surface area contributed by atoms with Crippen LogP contribution >= 0.6 is 0 Å². The van der Waals surface area contributed by atoms with E-state index >= 15 is 0 Å². The van der Waals surface area contributed by atoms with Crippen molar-refractivity contribution in [3.8, 4) is 5.75 Å². The molecular formula is C19H24O2. The number of aromatic hydroxyl groups is 1. The summed E-state index contributed by atoms with van der Waals surface area (Å²) in [6, 6.07) is 6.00. The molecule has 1 aromatic rings. The highest BCUT2D eigenvalue weighted by Gasteiger charge is 2.68. The molecule has 2 nitrogen and oxygen atoms in total. The van der Waals surface area contributed by atoms with Crippen molar-refractivity contribution < 1.29 is 10.2 Å². The van der Waals surface area contributed by atoms with Gasteiger partial charge in [0.15, 0.2) is 0 Å². The van der Waals surface area contributed by atoms with E-state index in [1.807, 2.05) is 12.1 Å². The lowest BCUT2D eigenvalue weighted by molar-refractivity contribution is -0.0464. The van der Waals surface area contributed by atoms with Crippen LogP contribution in [0.5, 0.6) is 5.75 Å². The molecule has 0 bridgehead atoms. The van der Waals surface area contributed by atoms with Crippen molar-refractivity contribution in [3.05, 3.63) is 29.3 Å². The number of hydrogen-bond acceptors (Lipinski definition) is 2. The van der Waals surface area contributed by atoms with Crippen LogP contribution in [0.4, 0.5) is 0 Å². The van der Waals surface area contributed by atoms with Gasteiger partial charge in [-0.3, -0.25) is 0 Å². The molecule has 3 saturated carbocycles. The number of aryl methyl sites for hydroxylation is 1. The van der Waals surface area contributed by atoms with Crippen LogP contribution in [-0.4, -0.2) is 16.3 Å². The van der Waals surface area contributed by atoms with E-state index in [2.05, 4.69) is 13.0 Å². The largest absolute Gasteiger partial charge is 0.508 e. The maximum Gasteiger partial charge on any atom is 0.115 e. The van der Waals surface area contributed by atoms with E-state index in [0.717, 1.165) is 24.2 Å². The Hall–Kier alpha value is -1.02. The molecule has 4 unspecified atom stereocenters. The lowest BCUT2D eigenvalue weighted by Crippen LogP contribution is -2.46. The van der Waals surface area contributed by atoms with Gasteiger partial charge in [0.05, 0.1) is 6.10 Å². The van der Waals surface area contributed by atoms with Gasteiger partial charge in [0.1, 0.15) is 5.75 Å². The number of hydrogen-bond donors (Lipinski definition) is 2. The van der Waals surface area contributed by atoms with Crippen LogP contribution < -0.4 is 0 Å². The summed E-state index contributed by atoms with van der Waals surface area (Å²) in [5.41, 5.74) is 3.04. The van der Waals surface area contributed by atoms with Crippen LogP contribution in [-0.2, 0) is 6.42 Å². The third-order valence-corrected chi connectivity index (χ3v) is 7.44. The van der Waals surface area contributed by atoms with E-state index in [1.54, 1.807) is 0 Å². The minimum Gasteiger partial charge on any atom is -0.508 e. The van der Waals surface area contributed by atoms with Gasteiger partial charge < -0.3 is 10.2 Å². The van der Waals surface area contributed by atoms with Gasteiger partial charge in [0.25, 0.3) is 0 Å².